The highest BCUT2D eigenvalue weighted by molar-refractivity contribution is 7.80. The Bertz CT molecular complexity index is 414. The lowest BCUT2D eigenvalue weighted by atomic mass is 10.1. The lowest BCUT2D eigenvalue weighted by Gasteiger charge is -2.03. The van der Waals surface area contributed by atoms with Crippen LogP contribution < -0.4 is 0 Å². The summed E-state index contributed by atoms with van der Waals surface area (Å²) in [5.74, 6) is -0.526. The summed E-state index contributed by atoms with van der Waals surface area (Å²) in [6.45, 7) is 0. The first-order chi connectivity index (χ1) is 6.13. The van der Waals surface area contributed by atoms with Crippen molar-refractivity contribution in [1.82, 2.24) is 4.90 Å². The highest BCUT2D eigenvalue weighted by atomic mass is 32.1. The van der Waals surface area contributed by atoms with Gasteiger partial charge in [0, 0.05) is 11.9 Å². The van der Waals surface area contributed by atoms with E-state index in [4.69, 9.17) is 0 Å². The number of imide groups is 1. The number of nitrogens with zero attached hydrogens (tertiary/aromatic N) is 1. The first kappa shape index (κ1) is 8.31. The van der Waals surface area contributed by atoms with E-state index >= 15 is 0 Å². The van der Waals surface area contributed by atoms with Gasteiger partial charge in [-0.2, -0.15) is 0 Å². The number of fused-ring (bicyclic) bond motifs is 1. The Labute approximate surface area is 80.8 Å². The summed E-state index contributed by atoms with van der Waals surface area (Å²) in [6, 6.07) is 5.05. The molecule has 0 saturated carbocycles. The lowest BCUT2D eigenvalue weighted by Crippen LogP contribution is -2.24. The van der Waals surface area contributed by atoms with Gasteiger partial charge in [0.1, 0.15) is 0 Å². The first-order valence-corrected chi connectivity index (χ1v) is 4.22. The maximum Gasteiger partial charge on any atom is 0.262 e. The fraction of sp³-hybridized carbons (Fsp3) is 0.111. The fourth-order valence-corrected chi connectivity index (χ4v) is 1.69. The Morgan fingerprint density at radius 3 is 2.54 bits per heavy atom. The van der Waals surface area contributed by atoms with Crippen LogP contribution in [0.4, 0.5) is 0 Å². The second-order valence-corrected chi connectivity index (χ2v) is 3.35. The van der Waals surface area contributed by atoms with Crippen molar-refractivity contribution in [1.29, 1.82) is 0 Å². The molecular formula is C9H7NO2S. The molecule has 0 radical (unpaired) electrons. The van der Waals surface area contributed by atoms with Crippen LogP contribution >= 0.6 is 12.6 Å². The largest absolute Gasteiger partial charge is 0.277 e. The summed E-state index contributed by atoms with van der Waals surface area (Å²) in [5, 5.41) is 0. The minimum Gasteiger partial charge on any atom is -0.277 e. The SMILES string of the molecule is CN1C(=O)c2cccc(S)c2C1=O. The zero-order chi connectivity index (χ0) is 9.59. The van der Waals surface area contributed by atoms with E-state index in [9.17, 15) is 9.59 Å². The number of carbonyl (C=O) groups is 2. The van der Waals surface area contributed by atoms with E-state index in [1.165, 1.54) is 7.05 Å². The summed E-state index contributed by atoms with van der Waals surface area (Å²) < 4.78 is 0. The molecule has 1 aliphatic rings. The molecule has 1 heterocycles. The number of amides is 2. The summed E-state index contributed by atoms with van der Waals surface area (Å²) in [5.41, 5.74) is 0.860. The molecule has 1 aromatic carbocycles. The molecule has 0 bridgehead atoms. The van der Waals surface area contributed by atoms with E-state index in [1.54, 1.807) is 18.2 Å². The molecule has 66 valence electrons. The molecule has 1 aromatic rings. The molecule has 2 rings (SSSR count). The van der Waals surface area contributed by atoms with Gasteiger partial charge in [-0.05, 0) is 12.1 Å². The molecule has 0 aliphatic carbocycles. The van der Waals surface area contributed by atoms with Crippen molar-refractivity contribution in [3.63, 3.8) is 0 Å². The normalized spacial score (nSPS) is 15.1. The highest BCUT2D eigenvalue weighted by Crippen LogP contribution is 2.26. The lowest BCUT2D eigenvalue weighted by molar-refractivity contribution is 0.0692. The molecule has 0 saturated heterocycles. The molecule has 0 atom stereocenters. The monoisotopic (exact) mass is 193 g/mol. The molecule has 2 amide bonds. The molecule has 13 heavy (non-hydrogen) atoms. The third kappa shape index (κ3) is 0.986. The number of rotatable bonds is 0. The average molecular weight is 193 g/mol. The first-order valence-electron chi connectivity index (χ1n) is 3.77. The number of hydrogen-bond acceptors (Lipinski definition) is 3. The second kappa shape index (κ2) is 2.60. The zero-order valence-electron chi connectivity index (χ0n) is 6.94. The third-order valence-electron chi connectivity index (χ3n) is 2.10. The van der Waals surface area contributed by atoms with E-state index in [0.29, 0.717) is 16.0 Å². The van der Waals surface area contributed by atoms with Crippen molar-refractivity contribution in [2.24, 2.45) is 0 Å². The van der Waals surface area contributed by atoms with Gasteiger partial charge in [-0.1, -0.05) is 6.07 Å². The van der Waals surface area contributed by atoms with Crippen LogP contribution in [0.1, 0.15) is 20.7 Å². The fourth-order valence-electron chi connectivity index (χ4n) is 1.38. The van der Waals surface area contributed by atoms with Gasteiger partial charge in [0.2, 0.25) is 0 Å². The van der Waals surface area contributed by atoms with Crippen LogP contribution in [0.3, 0.4) is 0 Å². The molecule has 0 fully saturated rings. The minimum absolute atomic E-state index is 0.254. The Balaban J connectivity index is 2.74. The van der Waals surface area contributed by atoms with Crippen LogP contribution in [0.2, 0.25) is 0 Å². The van der Waals surface area contributed by atoms with Crippen LogP contribution in [-0.2, 0) is 0 Å². The van der Waals surface area contributed by atoms with Gasteiger partial charge in [0.05, 0.1) is 11.1 Å². The molecule has 0 spiro atoms. The molecule has 1 aliphatic heterocycles. The second-order valence-electron chi connectivity index (χ2n) is 2.87. The van der Waals surface area contributed by atoms with Gasteiger partial charge in [-0.25, -0.2) is 0 Å². The Hall–Kier alpha value is -1.29. The van der Waals surface area contributed by atoms with Crippen molar-refractivity contribution in [2.45, 2.75) is 4.90 Å². The van der Waals surface area contributed by atoms with Gasteiger partial charge in [-0.15, -0.1) is 12.6 Å². The van der Waals surface area contributed by atoms with E-state index in [1.807, 2.05) is 0 Å². The molecule has 4 heteroatoms. The molecular weight excluding hydrogens is 186 g/mol. The Kier molecular flexibility index (Phi) is 1.66. The van der Waals surface area contributed by atoms with Crippen molar-refractivity contribution in [2.75, 3.05) is 7.05 Å². The summed E-state index contributed by atoms with van der Waals surface area (Å²) in [4.78, 5) is 24.6. The van der Waals surface area contributed by atoms with E-state index in [-0.39, 0.29) is 11.8 Å². The highest BCUT2D eigenvalue weighted by Gasteiger charge is 2.33. The van der Waals surface area contributed by atoms with E-state index in [2.05, 4.69) is 12.6 Å². The van der Waals surface area contributed by atoms with Crippen LogP contribution in [0.25, 0.3) is 0 Å². The van der Waals surface area contributed by atoms with E-state index < -0.39 is 0 Å². The molecule has 3 nitrogen and oxygen atoms in total. The number of thiol groups is 1. The van der Waals surface area contributed by atoms with Gasteiger partial charge < -0.3 is 0 Å². The number of benzene rings is 1. The summed E-state index contributed by atoms with van der Waals surface area (Å²) in [7, 11) is 1.47. The standard InChI is InChI=1S/C9H7NO2S/c1-10-8(11)5-3-2-4-6(13)7(5)9(10)12/h2-4,13H,1H3. The summed E-state index contributed by atoms with van der Waals surface area (Å²) >= 11 is 4.13. The van der Waals surface area contributed by atoms with Crippen LogP contribution in [-0.4, -0.2) is 23.8 Å². The quantitative estimate of drug-likeness (QED) is 0.496. The predicted molar refractivity (Wildman–Crippen MR) is 50.1 cm³/mol. The Morgan fingerprint density at radius 1 is 1.23 bits per heavy atom. The van der Waals surface area contributed by atoms with Crippen molar-refractivity contribution in [3.8, 4) is 0 Å². The van der Waals surface area contributed by atoms with Gasteiger partial charge in [0.15, 0.2) is 0 Å². The molecule has 0 aromatic heterocycles. The number of hydrogen-bond donors (Lipinski definition) is 1. The van der Waals surface area contributed by atoms with Gasteiger partial charge >= 0.3 is 0 Å². The number of carbonyl (C=O) groups excluding carboxylic acids is 2. The van der Waals surface area contributed by atoms with Gasteiger partial charge in [-0.3, -0.25) is 14.5 Å². The summed E-state index contributed by atoms with van der Waals surface area (Å²) in [6.07, 6.45) is 0. The molecule has 0 N–H and O–H groups in total. The molecule has 0 unspecified atom stereocenters. The van der Waals surface area contributed by atoms with Crippen molar-refractivity contribution >= 4 is 24.4 Å². The van der Waals surface area contributed by atoms with Crippen LogP contribution in [0.15, 0.2) is 23.1 Å². The predicted octanol–water partition coefficient (Wildman–Crippen LogP) is 1.20. The minimum atomic E-state index is -0.273. The zero-order valence-corrected chi connectivity index (χ0v) is 7.84. The van der Waals surface area contributed by atoms with Gasteiger partial charge in [0.25, 0.3) is 11.8 Å². The van der Waals surface area contributed by atoms with Crippen LogP contribution in [0.5, 0.6) is 0 Å². The maximum atomic E-state index is 11.5. The van der Waals surface area contributed by atoms with E-state index in [0.717, 1.165) is 4.90 Å². The Morgan fingerprint density at radius 2 is 1.92 bits per heavy atom. The third-order valence-corrected chi connectivity index (χ3v) is 2.47. The van der Waals surface area contributed by atoms with Crippen molar-refractivity contribution in [3.05, 3.63) is 29.3 Å². The maximum absolute atomic E-state index is 11.5. The van der Waals surface area contributed by atoms with Crippen LogP contribution in [0, 0.1) is 0 Å². The smallest absolute Gasteiger partial charge is 0.262 e. The topological polar surface area (TPSA) is 37.4 Å². The van der Waals surface area contributed by atoms with Crippen molar-refractivity contribution < 1.29 is 9.59 Å². The average Bonchev–Trinajstić information content (AvgIpc) is 2.33.